The van der Waals surface area contributed by atoms with E-state index < -0.39 is 5.25 Å². The number of thioether (sulfide) groups is 1. The first kappa shape index (κ1) is 22.8. The van der Waals surface area contributed by atoms with Crippen molar-refractivity contribution in [2.45, 2.75) is 43.8 Å². The van der Waals surface area contributed by atoms with E-state index in [-0.39, 0.29) is 11.5 Å². The van der Waals surface area contributed by atoms with E-state index in [2.05, 4.69) is 10.3 Å². The Morgan fingerprint density at radius 2 is 2.23 bits per heavy atom. The van der Waals surface area contributed by atoms with E-state index in [0.717, 1.165) is 4.88 Å². The molecular weight excluding hydrogens is 442 g/mol. The molecule has 3 rings (SSSR count). The average molecular weight is 466 g/mol. The van der Waals surface area contributed by atoms with Crippen LogP contribution < -0.4 is 10.9 Å². The number of carbonyl (C=O) groups excluding carboxylic acids is 1. The number of aromatic nitrogens is 2. The predicted molar refractivity (Wildman–Crippen MR) is 124 cm³/mol. The Balaban J connectivity index is 1.82. The Kier molecular flexibility index (Phi) is 8.32. The van der Waals surface area contributed by atoms with Gasteiger partial charge in [0.15, 0.2) is 5.16 Å². The number of nitrogens with zero attached hydrogens (tertiary/aromatic N) is 2. The van der Waals surface area contributed by atoms with E-state index in [1.807, 2.05) is 31.4 Å². The van der Waals surface area contributed by atoms with E-state index in [0.29, 0.717) is 53.8 Å². The monoisotopic (exact) mass is 465 g/mol. The second-order valence-corrected chi connectivity index (χ2v) is 9.40. The molecule has 2 aromatic heterocycles. The minimum absolute atomic E-state index is 0.102. The van der Waals surface area contributed by atoms with Crippen LogP contribution in [-0.4, -0.2) is 33.9 Å². The number of hydrogen-bond acceptors (Lipinski definition) is 6. The molecule has 9 heteroatoms. The van der Waals surface area contributed by atoms with Gasteiger partial charge in [-0.25, -0.2) is 4.98 Å². The summed E-state index contributed by atoms with van der Waals surface area (Å²) in [7, 11) is 0. The molecule has 0 saturated carbocycles. The Hall–Kier alpha value is -1.87. The Labute approximate surface area is 188 Å². The lowest BCUT2D eigenvalue weighted by molar-refractivity contribution is -0.120. The summed E-state index contributed by atoms with van der Waals surface area (Å²) in [5.74, 6) is -0.102. The van der Waals surface area contributed by atoms with Crippen LogP contribution >= 0.6 is 34.7 Å². The van der Waals surface area contributed by atoms with Gasteiger partial charge in [0, 0.05) is 29.7 Å². The Morgan fingerprint density at radius 1 is 1.40 bits per heavy atom. The highest BCUT2D eigenvalue weighted by molar-refractivity contribution is 8.00. The fourth-order valence-corrected chi connectivity index (χ4v) is 4.64. The number of benzene rings is 1. The lowest BCUT2D eigenvalue weighted by Gasteiger charge is -2.16. The molecule has 1 atom stereocenters. The first-order valence-electron chi connectivity index (χ1n) is 9.74. The number of amides is 1. The third-order valence-corrected chi connectivity index (χ3v) is 6.63. The van der Waals surface area contributed by atoms with Crippen LogP contribution in [0.15, 0.2) is 45.7 Å². The van der Waals surface area contributed by atoms with Crippen LogP contribution in [0.3, 0.4) is 0 Å². The summed E-state index contributed by atoms with van der Waals surface area (Å²) in [4.78, 5) is 31.4. The molecule has 3 aromatic rings. The highest BCUT2D eigenvalue weighted by Crippen LogP contribution is 2.24. The minimum Gasteiger partial charge on any atom is -0.382 e. The van der Waals surface area contributed by atoms with Gasteiger partial charge in [0.2, 0.25) is 5.91 Å². The van der Waals surface area contributed by atoms with E-state index in [1.54, 1.807) is 34.1 Å². The molecule has 1 aromatic carbocycles. The van der Waals surface area contributed by atoms with Crippen molar-refractivity contribution >= 4 is 51.5 Å². The third kappa shape index (κ3) is 5.85. The summed E-state index contributed by atoms with van der Waals surface area (Å²) in [6.07, 6.45) is 0.682. The second-order valence-electron chi connectivity index (χ2n) is 6.62. The predicted octanol–water partition coefficient (Wildman–Crippen LogP) is 4.34. The zero-order chi connectivity index (χ0) is 21.5. The van der Waals surface area contributed by atoms with Crippen LogP contribution in [-0.2, 0) is 22.6 Å². The lowest BCUT2D eigenvalue weighted by Crippen LogP contribution is -2.31. The van der Waals surface area contributed by atoms with Crippen LogP contribution in [0.25, 0.3) is 10.9 Å². The summed E-state index contributed by atoms with van der Waals surface area (Å²) in [6, 6.07) is 8.99. The van der Waals surface area contributed by atoms with E-state index in [4.69, 9.17) is 16.3 Å². The molecule has 160 valence electrons. The molecule has 6 nitrogen and oxygen atoms in total. The number of halogens is 1. The smallest absolute Gasteiger partial charge is 0.262 e. The molecule has 0 radical (unpaired) electrons. The molecule has 0 aliphatic carbocycles. The van der Waals surface area contributed by atoms with Gasteiger partial charge in [-0.2, -0.15) is 0 Å². The van der Waals surface area contributed by atoms with Crippen molar-refractivity contribution in [3.8, 4) is 0 Å². The van der Waals surface area contributed by atoms with Crippen molar-refractivity contribution < 1.29 is 9.53 Å². The summed E-state index contributed by atoms with van der Waals surface area (Å²) in [6.45, 7) is 5.90. The average Bonchev–Trinajstić information content (AvgIpc) is 3.24. The first-order valence-corrected chi connectivity index (χ1v) is 11.9. The maximum absolute atomic E-state index is 13.1. The molecule has 30 heavy (non-hydrogen) atoms. The minimum atomic E-state index is -0.411. The normalized spacial score (nSPS) is 12.2. The van der Waals surface area contributed by atoms with Gasteiger partial charge >= 0.3 is 0 Å². The summed E-state index contributed by atoms with van der Waals surface area (Å²) < 4.78 is 7.03. The van der Waals surface area contributed by atoms with Crippen molar-refractivity contribution in [3.05, 3.63) is 56.0 Å². The number of fused-ring (bicyclic) bond motifs is 1. The molecule has 2 heterocycles. The van der Waals surface area contributed by atoms with Crippen molar-refractivity contribution in [3.63, 3.8) is 0 Å². The third-order valence-electron chi connectivity index (χ3n) is 4.43. The Morgan fingerprint density at radius 3 is 2.97 bits per heavy atom. The molecule has 1 N–H and O–H groups in total. The van der Waals surface area contributed by atoms with E-state index in [9.17, 15) is 9.59 Å². The molecule has 0 aliphatic rings. The number of nitrogens with one attached hydrogen (secondary N) is 1. The largest absolute Gasteiger partial charge is 0.382 e. The van der Waals surface area contributed by atoms with E-state index in [1.165, 1.54) is 11.8 Å². The number of carbonyl (C=O) groups is 1. The van der Waals surface area contributed by atoms with Gasteiger partial charge in [0.1, 0.15) is 0 Å². The van der Waals surface area contributed by atoms with Crippen LogP contribution in [0, 0.1) is 0 Å². The van der Waals surface area contributed by atoms with Crippen molar-refractivity contribution in [1.82, 2.24) is 14.9 Å². The number of rotatable bonds is 10. The fraction of sp³-hybridized carbons (Fsp3) is 0.381. The van der Waals surface area contributed by atoms with Gasteiger partial charge in [0.05, 0.1) is 22.7 Å². The fourth-order valence-electron chi connectivity index (χ4n) is 2.87. The molecule has 0 saturated heterocycles. The summed E-state index contributed by atoms with van der Waals surface area (Å²) >= 11 is 8.96. The van der Waals surface area contributed by atoms with Gasteiger partial charge in [-0.15, -0.1) is 11.3 Å². The van der Waals surface area contributed by atoms with Crippen molar-refractivity contribution in [2.75, 3.05) is 13.2 Å². The van der Waals surface area contributed by atoms with Gasteiger partial charge in [-0.1, -0.05) is 29.4 Å². The second kappa shape index (κ2) is 10.9. The molecule has 0 bridgehead atoms. The number of hydrogen-bond donors (Lipinski definition) is 1. The lowest BCUT2D eigenvalue weighted by atomic mass is 10.2. The zero-order valence-corrected chi connectivity index (χ0v) is 19.3. The highest BCUT2D eigenvalue weighted by Gasteiger charge is 2.19. The topological polar surface area (TPSA) is 73.2 Å². The number of ether oxygens (including phenoxy) is 1. The highest BCUT2D eigenvalue weighted by atomic mass is 35.5. The first-order chi connectivity index (χ1) is 14.5. The van der Waals surface area contributed by atoms with Crippen LogP contribution in [0.4, 0.5) is 0 Å². The SMILES string of the molecule is CCOCCCn1c(SC(C)C(=O)NCc2cccs2)nc2cc(Cl)ccc2c1=O. The van der Waals surface area contributed by atoms with Crippen molar-refractivity contribution in [2.24, 2.45) is 0 Å². The molecule has 1 unspecified atom stereocenters. The van der Waals surface area contributed by atoms with Crippen LogP contribution in [0.2, 0.25) is 5.02 Å². The van der Waals surface area contributed by atoms with Gasteiger partial charge < -0.3 is 10.1 Å². The van der Waals surface area contributed by atoms with E-state index >= 15 is 0 Å². The van der Waals surface area contributed by atoms with Crippen LogP contribution in [0.1, 0.15) is 25.1 Å². The molecular formula is C21H24ClN3O3S2. The standard InChI is InChI=1S/C21H24ClN3O3S2/c1-3-28-10-5-9-25-20(27)17-8-7-15(22)12-18(17)24-21(25)30-14(2)19(26)23-13-16-6-4-11-29-16/h4,6-8,11-12,14H,3,5,9-10,13H2,1-2H3,(H,23,26). The molecule has 0 spiro atoms. The van der Waals surface area contributed by atoms with Gasteiger partial charge in [0.25, 0.3) is 5.56 Å². The molecule has 0 aliphatic heterocycles. The molecule has 1 amide bonds. The van der Waals surface area contributed by atoms with Gasteiger partial charge in [-0.05, 0) is 49.9 Å². The zero-order valence-electron chi connectivity index (χ0n) is 16.9. The maximum atomic E-state index is 13.1. The molecule has 0 fully saturated rings. The Bertz CT molecular complexity index is 1050. The van der Waals surface area contributed by atoms with Crippen LogP contribution in [0.5, 0.6) is 0 Å². The summed E-state index contributed by atoms with van der Waals surface area (Å²) in [5.41, 5.74) is 0.393. The summed E-state index contributed by atoms with van der Waals surface area (Å²) in [5, 5.41) is 6.04. The van der Waals surface area contributed by atoms with Gasteiger partial charge in [-0.3, -0.25) is 14.2 Å². The quantitative estimate of drug-likeness (QED) is 0.274. The van der Waals surface area contributed by atoms with Crippen molar-refractivity contribution in [1.29, 1.82) is 0 Å². The maximum Gasteiger partial charge on any atom is 0.262 e. The number of thiophene rings is 1.